The fourth-order valence-electron chi connectivity index (χ4n) is 5.04. The normalized spacial score (nSPS) is 14.2. The summed E-state index contributed by atoms with van der Waals surface area (Å²) in [7, 11) is 0. The van der Waals surface area contributed by atoms with Crippen molar-refractivity contribution in [3.8, 4) is 17.6 Å². The Morgan fingerprint density at radius 3 is 2.57 bits per heavy atom. The van der Waals surface area contributed by atoms with Crippen LogP contribution in [0.2, 0.25) is 0 Å². The van der Waals surface area contributed by atoms with Gasteiger partial charge in [-0.25, -0.2) is 9.79 Å². The van der Waals surface area contributed by atoms with Gasteiger partial charge in [0, 0.05) is 11.6 Å². The average molecular weight is 704 g/mol. The Morgan fingerprint density at radius 2 is 1.89 bits per heavy atom. The topological polar surface area (TPSA) is 146 Å². The maximum absolute atomic E-state index is 14.0. The molecule has 0 aliphatic carbocycles. The van der Waals surface area contributed by atoms with Crippen molar-refractivity contribution in [2.24, 2.45) is 4.99 Å². The van der Waals surface area contributed by atoms with Crippen molar-refractivity contribution in [1.29, 1.82) is 5.26 Å². The van der Waals surface area contributed by atoms with E-state index in [-0.39, 0.29) is 34.8 Å². The molecule has 11 nitrogen and oxygen atoms in total. The molecule has 13 heteroatoms. The van der Waals surface area contributed by atoms with Crippen LogP contribution in [0.25, 0.3) is 6.08 Å². The second kappa shape index (κ2) is 13.9. The number of esters is 1. The molecule has 46 heavy (non-hydrogen) atoms. The lowest BCUT2D eigenvalue weighted by Gasteiger charge is -2.24. The van der Waals surface area contributed by atoms with Gasteiger partial charge in [0.1, 0.15) is 12.4 Å². The number of rotatable bonds is 10. The number of benzene rings is 3. The lowest BCUT2D eigenvalue weighted by Crippen LogP contribution is -2.39. The van der Waals surface area contributed by atoms with Crippen LogP contribution in [0.15, 0.2) is 86.2 Å². The monoisotopic (exact) mass is 702 g/mol. The number of nitro benzene ring substituents is 1. The molecule has 0 saturated carbocycles. The van der Waals surface area contributed by atoms with Crippen molar-refractivity contribution in [2.45, 2.75) is 33.4 Å². The first kappa shape index (κ1) is 32.3. The van der Waals surface area contributed by atoms with Crippen molar-refractivity contribution in [2.75, 3.05) is 13.2 Å². The SMILES string of the molecule is CCOC(=O)C1=C(C)N=c2s/c(=C\c3cc(Br)c(OCc4ccccc4C#N)c([N+](=O)[O-])c3)c(=O)n2[C@H]1c1ccc(OCC)cc1. The molecule has 0 bridgehead atoms. The highest BCUT2D eigenvalue weighted by Crippen LogP contribution is 2.37. The zero-order chi connectivity index (χ0) is 33.0. The summed E-state index contributed by atoms with van der Waals surface area (Å²) in [5, 5.41) is 21.5. The summed E-state index contributed by atoms with van der Waals surface area (Å²) in [4.78, 5) is 43.6. The second-order valence-electron chi connectivity index (χ2n) is 9.97. The van der Waals surface area contributed by atoms with Gasteiger partial charge in [-0.05, 0) is 78.2 Å². The van der Waals surface area contributed by atoms with E-state index in [4.69, 9.17) is 14.2 Å². The van der Waals surface area contributed by atoms with E-state index in [9.17, 15) is 25.0 Å². The van der Waals surface area contributed by atoms with E-state index in [0.717, 1.165) is 11.3 Å². The third kappa shape index (κ3) is 6.49. The Kier molecular flexibility index (Phi) is 9.79. The van der Waals surface area contributed by atoms with Gasteiger partial charge in [-0.3, -0.25) is 19.5 Å². The molecule has 2 heterocycles. The van der Waals surface area contributed by atoms with E-state index in [2.05, 4.69) is 27.0 Å². The maximum atomic E-state index is 14.0. The lowest BCUT2D eigenvalue weighted by atomic mass is 9.96. The maximum Gasteiger partial charge on any atom is 0.338 e. The second-order valence-corrected chi connectivity index (χ2v) is 11.8. The highest BCUT2D eigenvalue weighted by Gasteiger charge is 2.33. The van der Waals surface area contributed by atoms with Crippen LogP contribution in [0.1, 0.15) is 49.1 Å². The van der Waals surface area contributed by atoms with Crippen LogP contribution in [-0.4, -0.2) is 28.7 Å². The first-order valence-corrected chi connectivity index (χ1v) is 15.8. The molecular formula is C33H27BrN4O7S. The highest BCUT2D eigenvalue weighted by atomic mass is 79.9. The molecule has 1 aromatic heterocycles. The van der Waals surface area contributed by atoms with Gasteiger partial charge in [0.05, 0.1) is 56.1 Å². The smallest absolute Gasteiger partial charge is 0.338 e. The van der Waals surface area contributed by atoms with Crippen molar-refractivity contribution in [1.82, 2.24) is 4.57 Å². The zero-order valence-electron chi connectivity index (χ0n) is 25.0. The summed E-state index contributed by atoms with van der Waals surface area (Å²) in [5.41, 5.74) is 1.92. The zero-order valence-corrected chi connectivity index (χ0v) is 27.4. The summed E-state index contributed by atoms with van der Waals surface area (Å²) in [6.07, 6.45) is 1.54. The highest BCUT2D eigenvalue weighted by molar-refractivity contribution is 9.10. The predicted molar refractivity (Wildman–Crippen MR) is 174 cm³/mol. The number of hydrogen-bond donors (Lipinski definition) is 0. The summed E-state index contributed by atoms with van der Waals surface area (Å²) in [5.74, 6) is 0.0527. The number of carbonyl (C=O) groups is 1. The number of ether oxygens (including phenoxy) is 3. The standard InChI is InChI=1S/C33H27BrN4O7S/c1-4-43-24-12-10-21(11-13-24)29-28(32(40)44-5-2)19(3)36-33-37(29)31(39)27(46-33)16-20-14-25(34)30(26(15-20)38(41)42)45-18-23-9-7-6-8-22(23)17-35/h6-16,29H,4-5,18H2,1-3H3/b27-16-/t29-/m0/s1. The summed E-state index contributed by atoms with van der Waals surface area (Å²) in [6.45, 7) is 5.84. The quantitative estimate of drug-likeness (QED) is 0.123. The Morgan fingerprint density at radius 1 is 1.15 bits per heavy atom. The number of nitrogens with zero attached hydrogens (tertiary/aromatic N) is 4. The van der Waals surface area contributed by atoms with Gasteiger partial charge in [0.25, 0.3) is 5.56 Å². The molecule has 0 spiro atoms. The van der Waals surface area contributed by atoms with Gasteiger partial charge in [-0.2, -0.15) is 5.26 Å². The van der Waals surface area contributed by atoms with Crippen LogP contribution in [0.4, 0.5) is 5.69 Å². The third-order valence-corrected chi connectivity index (χ3v) is 8.65. The molecule has 0 fully saturated rings. The van der Waals surface area contributed by atoms with Gasteiger partial charge in [0.15, 0.2) is 4.80 Å². The molecule has 0 radical (unpaired) electrons. The van der Waals surface area contributed by atoms with Crippen molar-refractivity contribution in [3.63, 3.8) is 0 Å². The van der Waals surface area contributed by atoms with Crippen molar-refractivity contribution < 1.29 is 23.9 Å². The average Bonchev–Trinajstić information content (AvgIpc) is 3.34. The molecular weight excluding hydrogens is 676 g/mol. The molecule has 0 amide bonds. The largest absolute Gasteiger partial charge is 0.494 e. The van der Waals surface area contributed by atoms with Crippen LogP contribution in [0.5, 0.6) is 11.5 Å². The summed E-state index contributed by atoms with van der Waals surface area (Å²) in [6, 6.07) is 18.1. The van der Waals surface area contributed by atoms with E-state index >= 15 is 0 Å². The Balaban J connectivity index is 1.59. The first-order chi connectivity index (χ1) is 22.2. The number of aromatic nitrogens is 1. The molecule has 234 valence electrons. The van der Waals surface area contributed by atoms with Gasteiger partial charge in [0.2, 0.25) is 5.75 Å². The minimum Gasteiger partial charge on any atom is -0.494 e. The van der Waals surface area contributed by atoms with Crippen molar-refractivity contribution >= 4 is 45.0 Å². The molecule has 0 N–H and O–H groups in total. The number of halogens is 1. The number of hydrogen-bond acceptors (Lipinski definition) is 10. The number of carbonyl (C=O) groups excluding carboxylic acids is 1. The van der Waals surface area contributed by atoms with E-state index in [0.29, 0.717) is 49.6 Å². The van der Waals surface area contributed by atoms with Gasteiger partial charge in [-0.1, -0.05) is 41.7 Å². The molecule has 3 aromatic carbocycles. The molecule has 1 atom stereocenters. The van der Waals surface area contributed by atoms with Crippen LogP contribution < -0.4 is 24.4 Å². The van der Waals surface area contributed by atoms with Crippen molar-refractivity contribution in [3.05, 3.63) is 128 Å². The summed E-state index contributed by atoms with van der Waals surface area (Å²) < 4.78 is 18.7. The van der Waals surface area contributed by atoms with E-state index in [1.807, 2.05) is 6.92 Å². The van der Waals surface area contributed by atoms with Gasteiger partial charge < -0.3 is 14.2 Å². The predicted octanol–water partition coefficient (Wildman–Crippen LogP) is 5.32. The fourth-order valence-corrected chi connectivity index (χ4v) is 6.67. The first-order valence-electron chi connectivity index (χ1n) is 14.2. The van der Waals surface area contributed by atoms with E-state index in [1.54, 1.807) is 68.4 Å². The Hall–Kier alpha value is -5.06. The summed E-state index contributed by atoms with van der Waals surface area (Å²) >= 11 is 4.49. The molecule has 0 saturated heterocycles. The van der Waals surface area contributed by atoms with Crippen LogP contribution >= 0.6 is 27.3 Å². The Labute approximate surface area is 275 Å². The number of nitriles is 1. The van der Waals surface area contributed by atoms with Gasteiger partial charge in [-0.15, -0.1) is 0 Å². The fraction of sp³-hybridized carbons (Fsp3) is 0.212. The number of allylic oxidation sites excluding steroid dienone is 1. The number of thiazole rings is 1. The van der Waals surface area contributed by atoms with Gasteiger partial charge >= 0.3 is 11.7 Å². The third-order valence-electron chi connectivity index (χ3n) is 7.07. The van der Waals surface area contributed by atoms with E-state index in [1.165, 1.54) is 16.7 Å². The lowest BCUT2D eigenvalue weighted by molar-refractivity contribution is -0.386. The van der Waals surface area contributed by atoms with Crippen LogP contribution in [0.3, 0.4) is 0 Å². The number of nitro groups is 1. The molecule has 5 rings (SSSR count). The van der Waals surface area contributed by atoms with E-state index < -0.39 is 22.5 Å². The van der Waals surface area contributed by atoms with Crippen LogP contribution in [0, 0.1) is 21.4 Å². The van der Waals surface area contributed by atoms with Crippen LogP contribution in [-0.2, 0) is 16.1 Å². The molecule has 1 aliphatic heterocycles. The Bertz CT molecular complexity index is 2100. The molecule has 4 aromatic rings. The molecule has 0 unspecified atom stereocenters. The molecule has 1 aliphatic rings. The minimum absolute atomic E-state index is 0.0124. The minimum atomic E-state index is -0.818. The number of fused-ring (bicyclic) bond motifs is 1.